The van der Waals surface area contributed by atoms with Gasteiger partial charge in [0, 0.05) is 18.6 Å². The fourth-order valence-corrected chi connectivity index (χ4v) is 3.32. The van der Waals surface area contributed by atoms with E-state index in [-0.39, 0.29) is 5.91 Å². The lowest BCUT2D eigenvalue weighted by Crippen LogP contribution is -2.46. The molecule has 1 atom stereocenters. The quantitative estimate of drug-likeness (QED) is 0.906. The van der Waals surface area contributed by atoms with E-state index in [0.29, 0.717) is 12.1 Å². The number of rotatable bonds is 4. The number of carbonyl (C=O) groups excluding carboxylic acids is 1. The summed E-state index contributed by atoms with van der Waals surface area (Å²) < 4.78 is 0. The second-order valence-electron chi connectivity index (χ2n) is 5.31. The number of thiophene rings is 1. The normalized spacial score (nSPS) is 23.9. The van der Waals surface area contributed by atoms with Crippen molar-refractivity contribution in [2.45, 2.75) is 44.2 Å². The van der Waals surface area contributed by atoms with E-state index < -0.39 is 0 Å². The van der Waals surface area contributed by atoms with Gasteiger partial charge in [-0.25, -0.2) is 0 Å². The van der Waals surface area contributed by atoms with Gasteiger partial charge in [-0.3, -0.25) is 4.79 Å². The Morgan fingerprint density at radius 1 is 1.39 bits per heavy atom. The molecule has 1 amide bonds. The molecule has 4 heteroatoms. The molecule has 0 spiro atoms. The summed E-state index contributed by atoms with van der Waals surface area (Å²) in [4.78, 5) is 15.5. The maximum Gasteiger partial charge on any atom is 0.264 e. The summed E-state index contributed by atoms with van der Waals surface area (Å²) in [6, 6.07) is 4.91. The number of carbonyl (C=O) groups is 1. The highest BCUT2D eigenvalue weighted by atomic mass is 32.1. The summed E-state index contributed by atoms with van der Waals surface area (Å²) in [7, 11) is 0. The molecule has 2 aliphatic rings. The number of hydrogen-bond donors (Lipinski definition) is 1. The zero-order chi connectivity index (χ0) is 12.4. The van der Waals surface area contributed by atoms with E-state index in [1.54, 1.807) is 11.3 Å². The first-order valence-corrected chi connectivity index (χ1v) is 7.80. The minimum atomic E-state index is 0.236. The molecule has 0 aromatic carbocycles. The maximum absolute atomic E-state index is 12.5. The molecule has 1 aliphatic carbocycles. The Bertz CT molecular complexity index is 394. The molecule has 18 heavy (non-hydrogen) atoms. The van der Waals surface area contributed by atoms with E-state index in [2.05, 4.69) is 10.2 Å². The van der Waals surface area contributed by atoms with E-state index in [0.717, 1.165) is 18.0 Å². The highest BCUT2D eigenvalue weighted by Gasteiger charge is 2.34. The molecule has 0 bridgehead atoms. The van der Waals surface area contributed by atoms with Crippen molar-refractivity contribution < 1.29 is 4.79 Å². The van der Waals surface area contributed by atoms with Crippen LogP contribution < -0.4 is 5.32 Å². The van der Waals surface area contributed by atoms with Crippen molar-refractivity contribution in [3.8, 4) is 0 Å². The van der Waals surface area contributed by atoms with Crippen LogP contribution in [-0.4, -0.2) is 36.0 Å². The van der Waals surface area contributed by atoms with Gasteiger partial charge in [-0.15, -0.1) is 11.3 Å². The van der Waals surface area contributed by atoms with Crippen molar-refractivity contribution in [2.24, 2.45) is 0 Å². The minimum absolute atomic E-state index is 0.236. The summed E-state index contributed by atoms with van der Waals surface area (Å²) in [6.45, 7) is 2.00. The van der Waals surface area contributed by atoms with Crippen LogP contribution in [0.5, 0.6) is 0 Å². The van der Waals surface area contributed by atoms with Gasteiger partial charge in [0.15, 0.2) is 0 Å². The van der Waals surface area contributed by atoms with E-state index in [9.17, 15) is 4.79 Å². The number of nitrogens with one attached hydrogen (secondary N) is 1. The standard InChI is InChI=1S/C14H20N2OS/c17-14(13-5-3-9-18-13)16(12-6-7-12)10-11-4-1-2-8-15-11/h3,5,9,11-12,15H,1-2,4,6-8,10H2. The maximum atomic E-state index is 12.5. The molecule has 1 aromatic rings. The number of piperidine rings is 1. The average Bonchev–Trinajstić information content (AvgIpc) is 3.10. The van der Waals surface area contributed by atoms with Gasteiger partial charge < -0.3 is 10.2 Å². The van der Waals surface area contributed by atoms with Gasteiger partial charge in [0.2, 0.25) is 0 Å². The fraction of sp³-hybridized carbons (Fsp3) is 0.643. The summed E-state index contributed by atoms with van der Waals surface area (Å²) in [5, 5.41) is 5.53. The molecule has 98 valence electrons. The highest BCUT2D eigenvalue weighted by Crippen LogP contribution is 2.29. The van der Waals surface area contributed by atoms with Gasteiger partial charge in [-0.05, 0) is 43.7 Å². The molecule has 3 nitrogen and oxygen atoms in total. The smallest absolute Gasteiger partial charge is 0.264 e. The van der Waals surface area contributed by atoms with Crippen LogP contribution in [0.1, 0.15) is 41.8 Å². The van der Waals surface area contributed by atoms with Crippen LogP contribution in [0.25, 0.3) is 0 Å². The third-order valence-corrected chi connectivity index (χ3v) is 4.67. The zero-order valence-corrected chi connectivity index (χ0v) is 11.4. The minimum Gasteiger partial charge on any atom is -0.333 e. The largest absolute Gasteiger partial charge is 0.333 e. The molecule has 0 radical (unpaired) electrons. The van der Waals surface area contributed by atoms with E-state index >= 15 is 0 Å². The molecule has 2 heterocycles. The molecular formula is C14H20N2OS. The first-order valence-electron chi connectivity index (χ1n) is 6.92. The van der Waals surface area contributed by atoms with Crippen LogP contribution in [0.3, 0.4) is 0 Å². The van der Waals surface area contributed by atoms with Crippen LogP contribution in [0.15, 0.2) is 17.5 Å². The Labute approximate surface area is 112 Å². The van der Waals surface area contributed by atoms with Crippen LogP contribution in [0, 0.1) is 0 Å². The highest BCUT2D eigenvalue weighted by molar-refractivity contribution is 7.12. The monoisotopic (exact) mass is 264 g/mol. The van der Waals surface area contributed by atoms with Gasteiger partial charge in [-0.1, -0.05) is 12.5 Å². The molecule has 1 aromatic heterocycles. The van der Waals surface area contributed by atoms with Crippen LogP contribution in [0.2, 0.25) is 0 Å². The Hall–Kier alpha value is -0.870. The Kier molecular flexibility index (Phi) is 3.66. The van der Waals surface area contributed by atoms with Crippen molar-refractivity contribution in [3.05, 3.63) is 22.4 Å². The second-order valence-corrected chi connectivity index (χ2v) is 6.26. The van der Waals surface area contributed by atoms with Crippen LogP contribution >= 0.6 is 11.3 Å². The Morgan fingerprint density at radius 3 is 2.89 bits per heavy atom. The van der Waals surface area contributed by atoms with Crippen molar-refractivity contribution in [1.82, 2.24) is 10.2 Å². The van der Waals surface area contributed by atoms with Crippen molar-refractivity contribution in [1.29, 1.82) is 0 Å². The van der Waals surface area contributed by atoms with Crippen molar-refractivity contribution >= 4 is 17.2 Å². The lowest BCUT2D eigenvalue weighted by atomic mass is 10.0. The average molecular weight is 264 g/mol. The summed E-state index contributed by atoms with van der Waals surface area (Å²) in [6.07, 6.45) is 6.15. The lowest BCUT2D eigenvalue weighted by molar-refractivity contribution is 0.0723. The Morgan fingerprint density at radius 2 is 2.28 bits per heavy atom. The van der Waals surface area contributed by atoms with Gasteiger partial charge in [0.05, 0.1) is 4.88 Å². The SMILES string of the molecule is O=C(c1cccs1)N(CC1CCCCN1)C1CC1. The molecule has 1 aliphatic heterocycles. The first kappa shape index (κ1) is 12.2. The zero-order valence-electron chi connectivity index (χ0n) is 10.6. The third-order valence-electron chi connectivity index (χ3n) is 3.81. The van der Waals surface area contributed by atoms with Crippen molar-refractivity contribution in [2.75, 3.05) is 13.1 Å². The molecule has 1 saturated carbocycles. The third kappa shape index (κ3) is 2.75. The second kappa shape index (κ2) is 5.41. The predicted molar refractivity (Wildman–Crippen MR) is 74.0 cm³/mol. The van der Waals surface area contributed by atoms with E-state index in [1.807, 2.05) is 17.5 Å². The topological polar surface area (TPSA) is 32.3 Å². The molecule has 1 saturated heterocycles. The van der Waals surface area contributed by atoms with E-state index in [4.69, 9.17) is 0 Å². The predicted octanol–water partition coefficient (Wildman–Crippen LogP) is 2.49. The van der Waals surface area contributed by atoms with Gasteiger partial charge in [0.1, 0.15) is 0 Å². The molecule has 3 rings (SSSR count). The van der Waals surface area contributed by atoms with Gasteiger partial charge in [-0.2, -0.15) is 0 Å². The molecule has 1 unspecified atom stereocenters. The summed E-state index contributed by atoms with van der Waals surface area (Å²) >= 11 is 1.55. The lowest BCUT2D eigenvalue weighted by Gasteiger charge is -2.30. The van der Waals surface area contributed by atoms with Gasteiger partial charge in [0.25, 0.3) is 5.91 Å². The van der Waals surface area contributed by atoms with Crippen molar-refractivity contribution in [3.63, 3.8) is 0 Å². The molecular weight excluding hydrogens is 244 g/mol. The summed E-state index contributed by atoms with van der Waals surface area (Å²) in [5.74, 6) is 0.236. The number of hydrogen-bond acceptors (Lipinski definition) is 3. The molecule has 2 fully saturated rings. The number of amides is 1. The van der Waals surface area contributed by atoms with Crippen LogP contribution in [0.4, 0.5) is 0 Å². The molecule has 1 N–H and O–H groups in total. The van der Waals surface area contributed by atoms with Gasteiger partial charge >= 0.3 is 0 Å². The first-order chi connectivity index (χ1) is 8.84. The fourth-order valence-electron chi connectivity index (χ4n) is 2.64. The summed E-state index contributed by atoms with van der Waals surface area (Å²) in [5.41, 5.74) is 0. The number of nitrogens with zero attached hydrogens (tertiary/aromatic N) is 1. The van der Waals surface area contributed by atoms with E-state index in [1.165, 1.54) is 32.1 Å². The van der Waals surface area contributed by atoms with Crippen LogP contribution in [-0.2, 0) is 0 Å². The Balaban J connectivity index is 1.66.